The lowest BCUT2D eigenvalue weighted by Crippen LogP contribution is -2.32. The third kappa shape index (κ3) is 4.90. The predicted octanol–water partition coefficient (Wildman–Crippen LogP) is 2.81. The maximum Gasteiger partial charge on any atom is 0.220 e. The second kappa shape index (κ2) is 8.25. The highest BCUT2D eigenvalue weighted by molar-refractivity contribution is 5.85. The number of rotatable bonds is 5. The minimum absolute atomic E-state index is 0. The Morgan fingerprint density at radius 1 is 1.48 bits per heavy atom. The monoisotopic (exact) mass is 312 g/mol. The zero-order valence-corrected chi connectivity index (χ0v) is 13.5. The predicted molar refractivity (Wildman–Crippen MR) is 86.7 cm³/mol. The number of methoxy groups -OCH3 is 1. The van der Waals surface area contributed by atoms with Gasteiger partial charge < -0.3 is 15.8 Å². The number of ether oxygens (including phenoxy) is 1. The lowest BCUT2D eigenvalue weighted by Gasteiger charge is -2.18. The van der Waals surface area contributed by atoms with Gasteiger partial charge in [-0.15, -0.1) is 12.4 Å². The van der Waals surface area contributed by atoms with E-state index in [1.807, 2.05) is 31.2 Å². The van der Waals surface area contributed by atoms with Gasteiger partial charge in [-0.2, -0.15) is 0 Å². The van der Waals surface area contributed by atoms with Crippen LogP contribution in [0, 0.1) is 5.92 Å². The van der Waals surface area contributed by atoms with E-state index in [1.165, 1.54) is 0 Å². The van der Waals surface area contributed by atoms with Crippen LogP contribution in [0.3, 0.4) is 0 Å². The molecule has 3 N–H and O–H groups in total. The maximum absolute atomic E-state index is 12.1. The molecule has 1 fully saturated rings. The van der Waals surface area contributed by atoms with Crippen molar-refractivity contribution in [2.24, 2.45) is 11.7 Å². The molecule has 0 bridgehead atoms. The molecule has 1 saturated carbocycles. The van der Waals surface area contributed by atoms with Gasteiger partial charge in [0, 0.05) is 12.5 Å². The fourth-order valence-electron chi connectivity index (χ4n) is 2.85. The molecule has 21 heavy (non-hydrogen) atoms. The highest BCUT2D eigenvalue weighted by Gasteiger charge is 2.26. The first-order valence-corrected chi connectivity index (χ1v) is 7.29. The van der Waals surface area contributed by atoms with E-state index in [0.29, 0.717) is 12.3 Å². The van der Waals surface area contributed by atoms with Gasteiger partial charge in [-0.1, -0.05) is 18.6 Å². The van der Waals surface area contributed by atoms with Gasteiger partial charge in [0.15, 0.2) is 0 Å². The van der Waals surface area contributed by atoms with Crippen LogP contribution in [0.5, 0.6) is 5.75 Å². The maximum atomic E-state index is 12.1. The third-order valence-corrected chi connectivity index (χ3v) is 4.14. The number of halogens is 1. The number of nitrogens with one attached hydrogen (secondary N) is 1. The molecule has 0 radical (unpaired) electrons. The van der Waals surface area contributed by atoms with Crippen LogP contribution in [-0.4, -0.2) is 19.1 Å². The second-order valence-electron chi connectivity index (χ2n) is 5.62. The summed E-state index contributed by atoms with van der Waals surface area (Å²) in [4.78, 5) is 12.1. The summed E-state index contributed by atoms with van der Waals surface area (Å²) >= 11 is 0. The summed E-state index contributed by atoms with van der Waals surface area (Å²) in [6.45, 7) is 1.99. The van der Waals surface area contributed by atoms with E-state index in [9.17, 15) is 4.79 Å². The van der Waals surface area contributed by atoms with E-state index in [-0.39, 0.29) is 30.4 Å². The summed E-state index contributed by atoms with van der Waals surface area (Å²) in [5, 5.41) is 3.04. The first kappa shape index (κ1) is 17.8. The van der Waals surface area contributed by atoms with Crippen molar-refractivity contribution < 1.29 is 9.53 Å². The van der Waals surface area contributed by atoms with Crippen LogP contribution < -0.4 is 15.8 Å². The Balaban J connectivity index is 0.00000220. The smallest absolute Gasteiger partial charge is 0.220 e. The molecule has 1 aromatic rings. The quantitative estimate of drug-likeness (QED) is 0.878. The number of benzene rings is 1. The summed E-state index contributed by atoms with van der Waals surface area (Å²) in [5.74, 6) is 1.23. The topological polar surface area (TPSA) is 64.3 Å². The van der Waals surface area contributed by atoms with E-state index < -0.39 is 0 Å². The molecular weight excluding hydrogens is 288 g/mol. The Kier molecular flexibility index (Phi) is 6.99. The van der Waals surface area contributed by atoms with Gasteiger partial charge in [0.05, 0.1) is 13.2 Å². The zero-order chi connectivity index (χ0) is 14.5. The normalized spacial score (nSPS) is 22.2. The number of hydrogen-bond donors (Lipinski definition) is 2. The first-order valence-electron chi connectivity index (χ1n) is 7.29. The average Bonchev–Trinajstić information content (AvgIpc) is 2.84. The van der Waals surface area contributed by atoms with Gasteiger partial charge in [-0.05, 0) is 43.4 Å². The van der Waals surface area contributed by atoms with Gasteiger partial charge in [-0.25, -0.2) is 0 Å². The molecule has 4 nitrogen and oxygen atoms in total. The summed E-state index contributed by atoms with van der Waals surface area (Å²) in [5.41, 5.74) is 7.06. The number of nitrogens with two attached hydrogens (primary N) is 1. The Bertz CT molecular complexity index is 467. The van der Waals surface area contributed by atoms with Crippen LogP contribution in [0.15, 0.2) is 24.3 Å². The number of amides is 1. The second-order valence-corrected chi connectivity index (χ2v) is 5.62. The molecule has 1 aliphatic rings. The van der Waals surface area contributed by atoms with Crippen molar-refractivity contribution in [1.29, 1.82) is 0 Å². The van der Waals surface area contributed by atoms with Gasteiger partial charge in [0.1, 0.15) is 5.75 Å². The zero-order valence-electron chi connectivity index (χ0n) is 12.7. The van der Waals surface area contributed by atoms with Gasteiger partial charge in [0.2, 0.25) is 5.91 Å². The molecule has 1 aliphatic carbocycles. The number of hydrogen-bond acceptors (Lipinski definition) is 3. The Morgan fingerprint density at radius 3 is 2.86 bits per heavy atom. The molecule has 1 unspecified atom stereocenters. The Morgan fingerprint density at radius 2 is 2.24 bits per heavy atom. The van der Waals surface area contributed by atoms with Crippen molar-refractivity contribution in [2.45, 2.75) is 44.7 Å². The molecule has 118 valence electrons. The molecule has 0 aliphatic heterocycles. The average molecular weight is 313 g/mol. The standard InChI is InChI=1S/C16H24N2O2.ClH/c1-11(12-5-3-7-14(9-12)20-2)18-16(19)10-13-6-4-8-15(13)17;/h3,5,7,9,11,13,15H,4,6,8,10,17H2,1-2H3,(H,18,19);1H/t11?,13-,15+;/m0./s1. The first-order chi connectivity index (χ1) is 9.60. The van der Waals surface area contributed by atoms with Crippen LogP contribution in [0.1, 0.15) is 44.2 Å². The molecule has 5 heteroatoms. The lowest BCUT2D eigenvalue weighted by molar-refractivity contribution is -0.122. The van der Waals surface area contributed by atoms with Gasteiger partial charge in [0.25, 0.3) is 0 Å². The van der Waals surface area contributed by atoms with Gasteiger partial charge in [-0.3, -0.25) is 4.79 Å². The fraction of sp³-hybridized carbons (Fsp3) is 0.562. The minimum atomic E-state index is -0.0183. The summed E-state index contributed by atoms with van der Waals surface area (Å²) in [7, 11) is 1.64. The van der Waals surface area contributed by atoms with Crippen molar-refractivity contribution >= 4 is 18.3 Å². The van der Waals surface area contributed by atoms with Crippen LogP contribution in [0.4, 0.5) is 0 Å². The van der Waals surface area contributed by atoms with E-state index in [1.54, 1.807) is 7.11 Å². The molecule has 1 amide bonds. The lowest BCUT2D eigenvalue weighted by atomic mass is 9.99. The number of carbonyl (C=O) groups is 1. The van der Waals surface area contributed by atoms with Crippen molar-refractivity contribution in [2.75, 3.05) is 7.11 Å². The van der Waals surface area contributed by atoms with Crippen LogP contribution in [-0.2, 0) is 4.79 Å². The van der Waals surface area contributed by atoms with Crippen LogP contribution in [0.2, 0.25) is 0 Å². The van der Waals surface area contributed by atoms with E-state index >= 15 is 0 Å². The molecule has 3 atom stereocenters. The third-order valence-electron chi connectivity index (χ3n) is 4.14. The van der Waals surface area contributed by atoms with E-state index in [4.69, 9.17) is 10.5 Å². The molecule has 2 rings (SSSR count). The fourth-order valence-corrected chi connectivity index (χ4v) is 2.85. The molecular formula is C16H25ClN2O2. The van der Waals surface area contributed by atoms with E-state index in [0.717, 1.165) is 30.6 Å². The Hall–Kier alpha value is -1.26. The van der Waals surface area contributed by atoms with Crippen molar-refractivity contribution in [3.05, 3.63) is 29.8 Å². The minimum Gasteiger partial charge on any atom is -0.497 e. The summed E-state index contributed by atoms with van der Waals surface area (Å²) in [6, 6.07) is 7.95. The molecule has 0 spiro atoms. The van der Waals surface area contributed by atoms with Crippen molar-refractivity contribution in [3.8, 4) is 5.75 Å². The van der Waals surface area contributed by atoms with Crippen LogP contribution >= 0.6 is 12.4 Å². The highest BCUT2D eigenvalue weighted by atomic mass is 35.5. The molecule has 1 aromatic carbocycles. The highest BCUT2D eigenvalue weighted by Crippen LogP contribution is 2.27. The summed E-state index contributed by atoms with van der Waals surface area (Å²) in [6.07, 6.45) is 3.80. The van der Waals surface area contributed by atoms with Crippen molar-refractivity contribution in [1.82, 2.24) is 5.32 Å². The summed E-state index contributed by atoms with van der Waals surface area (Å²) < 4.78 is 5.20. The molecule has 0 heterocycles. The van der Waals surface area contributed by atoms with Crippen molar-refractivity contribution in [3.63, 3.8) is 0 Å². The number of carbonyl (C=O) groups excluding carboxylic acids is 1. The van der Waals surface area contributed by atoms with E-state index in [2.05, 4.69) is 5.32 Å². The largest absolute Gasteiger partial charge is 0.497 e. The van der Waals surface area contributed by atoms with Crippen LogP contribution in [0.25, 0.3) is 0 Å². The SMILES string of the molecule is COc1cccc(C(C)NC(=O)C[C@@H]2CCC[C@H]2N)c1.Cl. The molecule has 0 saturated heterocycles. The van der Waals surface area contributed by atoms with Gasteiger partial charge >= 0.3 is 0 Å². The molecule has 0 aromatic heterocycles. The Labute approximate surface area is 132 Å².